The maximum absolute atomic E-state index is 13.9. The summed E-state index contributed by atoms with van der Waals surface area (Å²) in [5, 5.41) is 4.86. The first-order valence-corrected chi connectivity index (χ1v) is 10.0. The van der Waals surface area contributed by atoms with Crippen molar-refractivity contribution in [3.63, 3.8) is 0 Å². The van der Waals surface area contributed by atoms with Gasteiger partial charge in [-0.15, -0.1) is 4.91 Å². The van der Waals surface area contributed by atoms with Gasteiger partial charge in [0.1, 0.15) is 28.7 Å². The molecule has 2 heterocycles. The van der Waals surface area contributed by atoms with Crippen molar-refractivity contribution in [1.29, 1.82) is 0 Å². The van der Waals surface area contributed by atoms with Crippen LogP contribution in [0.3, 0.4) is 0 Å². The Bertz CT molecular complexity index is 1190. The number of hydrogen-bond acceptors (Lipinski definition) is 6. The molecule has 11 heteroatoms. The molecule has 1 aromatic carbocycles. The lowest BCUT2D eigenvalue weighted by Crippen LogP contribution is -2.33. The summed E-state index contributed by atoms with van der Waals surface area (Å²) in [6, 6.07) is 0.432. The molecule has 3 rings (SSSR count). The van der Waals surface area contributed by atoms with Gasteiger partial charge in [-0.1, -0.05) is 11.6 Å². The molecule has 0 aliphatic carbocycles. The highest BCUT2D eigenvalue weighted by Gasteiger charge is 2.25. The zero-order valence-electron chi connectivity index (χ0n) is 17.9. The number of nitrogens with one attached hydrogen (secondary N) is 1. The highest BCUT2D eigenvalue weighted by Crippen LogP contribution is 2.24. The van der Waals surface area contributed by atoms with Crippen LogP contribution in [0.25, 0.3) is 0 Å². The Morgan fingerprint density at radius 2 is 1.94 bits per heavy atom. The van der Waals surface area contributed by atoms with Gasteiger partial charge >= 0.3 is 0 Å². The van der Waals surface area contributed by atoms with E-state index in [1.807, 2.05) is 24.9 Å². The molecule has 8 nitrogen and oxygen atoms in total. The molecule has 1 aromatic heterocycles. The average Bonchev–Trinajstić information content (AvgIpc) is 2.92. The minimum Gasteiger partial charge on any atom is -0.348 e. The molecule has 1 unspecified atom stereocenters. The van der Waals surface area contributed by atoms with Crippen LogP contribution in [-0.4, -0.2) is 41.8 Å². The lowest BCUT2D eigenvalue weighted by molar-refractivity contribution is 0.0947. The smallest absolute Gasteiger partial charge is 0.257 e. The van der Waals surface area contributed by atoms with E-state index in [0.29, 0.717) is 25.0 Å². The molecule has 1 amide bonds. The topological polar surface area (TPSA) is 101 Å². The molecule has 174 valence electrons. The fraction of sp³-hybridized carbons (Fsp3) is 0.318. The van der Waals surface area contributed by atoms with Crippen LogP contribution in [0.5, 0.6) is 0 Å². The summed E-state index contributed by atoms with van der Waals surface area (Å²) in [6.45, 7) is 2.39. The van der Waals surface area contributed by atoms with Crippen LogP contribution in [0.4, 0.5) is 18.9 Å². The summed E-state index contributed by atoms with van der Waals surface area (Å²) >= 11 is 0. The minimum atomic E-state index is -1.21. The summed E-state index contributed by atoms with van der Waals surface area (Å²) in [4.78, 5) is 50.5. The molecule has 33 heavy (non-hydrogen) atoms. The number of amides is 1. The maximum Gasteiger partial charge on any atom is 0.257 e. The summed E-state index contributed by atoms with van der Waals surface area (Å²) in [5.41, 5.74) is -2.25. The molecule has 1 aliphatic heterocycles. The number of halogens is 3. The number of aromatic nitrogens is 1. The van der Waals surface area contributed by atoms with Gasteiger partial charge in [-0.05, 0) is 25.6 Å². The molecule has 0 saturated heterocycles. The fourth-order valence-corrected chi connectivity index (χ4v) is 3.69. The van der Waals surface area contributed by atoms with Crippen LogP contribution in [0.1, 0.15) is 45.8 Å². The molecular formula is C22H21F3N4O4. The summed E-state index contributed by atoms with van der Waals surface area (Å²) in [6.07, 6.45) is 4.07. The van der Waals surface area contributed by atoms with Crippen LogP contribution < -0.4 is 10.7 Å². The van der Waals surface area contributed by atoms with Gasteiger partial charge in [0, 0.05) is 43.5 Å². The van der Waals surface area contributed by atoms with E-state index in [1.165, 1.54) is 4.57 Å². The van der Waals surface area contributed by atoms with Crippen molar-refractivity contribution in [2.45, 2.75) is 25.9 Å². The lowest BCUT2D eigenvalue weighted by Gasteiger charge is -2.24. The number of benzene rings is 1. The highest BCUT2D eigenvalue weighted by atomic mass is 19.1. The monoisotopic (exact) mass is 462 g/mol. The zero-order chi connectivity index (χ0) is 24.3. The van der Waals surface area contributed by atoms with Crippen molar-refractivity contribution >= 4 is 17.9 Å². The number of carbonyl (C=O) groups excluding carboxylic acids is 2. The van der Waals surface area contributed by atoms with E-state index >= 15 is 0 Å². The number of aldehydes is 1. The minimum absolute atomic E-state index is 0.286. The van der Waals surface area contributed by atoms with Crippen LogP contribution >= 0.6 is 0 Å². The molecular weight excluding hydrogens is 441 g/mol. The Morgan fingerprint density at radius 3 is 2.55 bits per heavy atom. The quantitative estimate of drug-likeness (QED) is 0.404. The van der Waals surface area contributed by atoms with Crippen molar-refractivity contribution < 1.29 is 22.8 Å². The molecule has 1 aliphatic rings. The van der Waals surface area contributed by atoms with Crippen LogP contribution in [0.2, 0.25) is 0 Å². The average molecular weight is 462 g/mol. The van der Waals surface area contributed by atoms with Gasteiger partial charge in [0.15, 0.2) is 12.0 Å². The second-order valence-electron chi connectivity index (χ2n) is 7.85. The standard InChI is InChI=1S/C22H21F3N4O4/c1-12-3-4-28(2)9-14(5-12)29-10-16(21(31)20(27-33)19(29)11-30)22(32)26-8-15-17(24)6-13(23)7-18(15)25/h5-7,10-11,14H,3-4,8-9H2,1-2H3,(H,26,32). The van der Waals surface area contributed by atoms with E-state index in [2.05, 4.69) is 10.5 Å². The molecule has 0 bridgehead atoms. The Morgan fingerprint density at radius 1 is 1.27 bits per heavy atom. The third-order valence-corrected chi connectivity index (χ3v) is 5.45. The first kappa shape index (κ1) is 24.1. The summed E-state index contributed by atoms with van der Waals surface area (Å²) < 4.78 is 42.2. The number of nitroso groups, excluding NO2 is 1. The second kappa shape index (κ2) is 9.90. The zero-order valence-corrected chi connectivity index (χ0v) is 17.9. The number of likely N-dealkylation sites (N-methyl/N-ethyl adjacent to an activating group) is 1. The van der Waals surface area contributed by atoms with Gasteiger partial charge in [0.2, 0.25) is 5.43 Å². The largest absolute Gasteiger partial charge is 0.348 e. The van der Waals surface area contributed by atoms with E-state index < -0.39 is 58.2 Å². The third-order valence-electron chi connectivity index (χ3n) is 5.45. The van der Waals surface area contributed by atoms with Gasteiger partial charge in [-0.3, -0.25) is 14.4 Å². The normalized spacial score (nSPS) is 16.6. The van der Waals surface area contributed by atoms with Gasteiger partial charge in [0.25, 0.3) is 5.91 Å². The van der Waals surface area contributed by atoms with E-state index in [9.17, 15) is 32.5 Å². The van der Waals surface area contributed by atoms with E-state index in [4.69, 9.17) is 0 Å². The Labute approximate surface area is 186 Å². The number of hydrogen-bond donors (Lipinski definition) is 1. The van der Waals surface area contributed by atoms with Crippen LogP contribution in [0.15, 0.2) is 40.0 Å². The van der Waals surface area contributed by atoms with E-state index in [-0.39, 0.29) is 5.69 Å². The van der Waals surface area contributed by atoms with Crippen molar-refractivity contribution in [1.82, 2.24) is 14.8 Å². The van der Waals surface area contributed by atoms with E-state index in [1.54, 1.807) is 0 Å². The van der Waals surface area contributed by atoms with Crippen molar-refractivity contribution in [2.75, 3.05) is 20.1 Å². The van der Waals surface area contributed by atoms with Crippen molar-refractivity contribution in [3.05, 3.63) is 79.4 Å². The van der Waals surface area contributed by atoms with Gasteiger partial charge in [-0.2, -0.15) is 0 Å². The summed E-state index contributed by atoms with van der Waals surface area (Å²) in [5.74, 6) is -4.58. The number of pyridine rings is 1. The molecule has 0 saturated carbocycles. The molecule has 1 N–H and O–H groups in total. The predicted octanol–water partition coefficient (Wildman–Crippen LogP) is 3.23. The molecule has 1 atom stereocenters. The van der Waals surface area contributed by atoms with E-state index in [0.717, 1.165) is 24.7 Å². The Kier molecular flexibility index (Phi) is 7.22. The van der Waals surface area contributed by atoms with Gasteiger partial charge in [-0.25, -0.2) is 13.2 Å². The Balaban J connectivity index is 2.03. The van der Waals surface area contributed by atoms with Crippen LogP contribution in [-0.2, 0) is 6.54 Å². The van der Waals surface area contributed by atoms with Crippen molar-refractivity contribution in [3.8, 4) is 0 Å². The summed E-state index contributed by atoms with van der Waals surface area (Å²) in [7, 11) is 1.86. The van der Waals surface area contributed by atoms with Gasteiger partial charge < -0.3 is 14.8 Å². The number of rotatable bonds is 6. The predicted molar refractivity (Wildman–Crippen MR) is 114 cm³/mol. The first-order valence-electron chi connectivity index (χ1n) is 10.0. The number of nitrogens with zero attached hydrogens (tertiary/aromatic N) is 3. The molecule has 0 radical (unpaired) electrons. The SMILES string of the molecule is CC1=CC(n2cc(C(=O)NCc3c(F)cc(F)cc3F)c(=O)c(N=O)c2C=O)CN(C)CC1. The van der Waals surface area contributed by atoms with Gasteiger partial charge in [0.05, 0.1) is 6.04 Å². The Hall–Kier alpha value is -3.60. The maximum atomic E-state index is 13.9. The van der Waals surface area contributed by atoms with Crippen molar-refractivity contribution in [2.24, 2.45) is 5.18 Å². The fourth-order valence-electron chi connectivity index (χ4n) is 3.69. The first-order chi connectivity index (χ1) is 15.7. The third kappa shape index (κ3) is 5.08. The highest BCUT2D eigenvalue weighted by molar-refractivity contribution is 5.96. The second-order valence-corrected chi connectivity index (χ2v) is 7.85. The number of carbonyl (C=O) groups is 2. The van der Waals surface area contributed by atoms with Crippen LogP contribution in [0, 0.1) is 22.4 Å². The molecule has 2 aromatic rings. The molecule has 0 fully saturated rings. The molecule has 0 spiro atoms. The lowest BCUT2D eigenvalue weighted by atomic mass is 10.1.